The van der Waals surface area contributed by atoms with Crippen LogP contribution in [0.3, 0.4) is 0 Å². The van der Waals surface area contributed by atoms with Crippen molar-refractivity contribution >= 4 is 28.3 Å². The minimum absolute atomic E-state index is 0.0533. The van der Waals surface area contributed by atoms with Gasteiger partial charge in [0, 0.05) is 48.0 Å². The number of rotatable bonds is 6. The number of nitrogens with one attached hydrogen (secondary N) is 3. The minimum atomic E-state index is -0.564. The third-order valence-electron chi connectivity index (χ3n) is 5.85. The van der Waals surface area contributed by atoms with Gasteiger partial charge >= 0.3 is 0 Å². The molecule has 184 valence electrons. The van der Waals surface area contributed by atoms with Gasteiger partial charge in [0.25, 0.3) is 5.91 Å². The zero-order chi connectivity index (χ0) is 25.9. The van der Waals surface area contributed by atoms with Crippen LogP contribution in [0.15, 0.2) is 84.0 Å². The van der Waals surface area contributed by atoms with Crippen LogP contribution in [0.4, 0.5) is 15.9 Å². The van der Waals surface area contributed by atoms with E-state index < -0.39 is 17.2 Å². The number of carbonyl (C=O) groups excluding carboxylic acids is 1. The second-order valence-electron chi connectivity index (χ2n) is 8.23. The topological polar surface area (TPSA) is 109 Å². The number of fused-ring (bicyclic) bond motifs is 1. The van der Waals surface area contributed by atoms with Gasteiger partial charge in [-0.2, -0.15) is 0 Å². The number of hydrogen-bond donors (Lipinski definition) is 3. The number of ether oxygens (including phenoxy) is 1. The first-order valence-corrected chi connectivity index (χ1v) is 11.4. The summed E-state index contributed by atoms with van der Waals surface area (Å²) in [4.78, 5) is 37.6. The van der Waals surface area contributed by atoms with Crippen LogP contribution < -0.4 is 20.8 Å². The Morgan fingerprint density at radius 3 is 2.43 bits per heavy atom. The molecule has 0 aliphatic rings. The molecule has 2 aromatic carbocycles. The number of carbonyl (C=O) groups is 1. The van der Waals surface area contributed by atoms with E-state index in [4.69, 9.17) is 4.74 Å². The lowest BCUT2D eigenvalue weighted by Gasteiger charge is -2.11. The Labute approximate surface area is 211 Å². The summed E-state index contributed by atoms with van der Waals surface area (Å²) in [6.07, 6.45) is 4.70. The molecule has 0 aliphatic carbocycles. The van der Waals surface area contributed by atoms with E-state index in [9.17, 15) is 14.0 Å². The van der Waals surface area contributed by atoms with Gasteiger partial charge in [0.2, 0.25) is 5.43 Å². The van der Waals surface area contributed by atoms with Crippen molar-refractivity contribution in [1.29, 1.82) is 0 Å². The molecule has 37 heavy (non-hydrogen) atoms. The summed E-state index contributed by atoms with van der Waals surface area (Å²) >= 11 is 0. The van der Waals surface area contributed by atoms with Crippen molar-refractivity contribution in [3.63, 3.8) is 0 Å². The Kier molecular flexibility index (Phi) is 6.34. The van der Waals surface area contributed by atoms with E-state index >= 15 is 0 Å². The minimum Gasteiger partial charge on any atom is -0.457 e. The van der Waals surface area contributed by atoms with Crippen LogP contribution in [0.2, 0.25) is 0 Å². The quantitative estimate of drug-likeness (QED) is 0.286. The van der Waals surface area contributed by atoms with Crippen LogP contribution >= 0.6 is 0 Å². The predicted octanol–water partition coefficient (Wildman–Crippen LogP) is 5.52. The van der Waals surface area contributed by atoms with Gasteiger partial charge in [0.05, 0.1) is 0 Å². The molecule has 0 radical (unpaired) electrons. The highest BCUT2D eigenvalue weighted by atomic mass is 19.1. The Morgan fingerprint density at radius 1 is 0.973 bits per heavy atom. The maximum absolute atomic E-state index is 13.3. The molecule has 8 nitrogen and oxygen atoms in total. The lowest BCUT2D eigenvalue weighted by atomic mass is 10.0. The van der Waals surface area contributed by atoms with Gasteiger partial charge < -0.3 is 20.4 Å². The lowest BCUT2D eigenvalue weighted by Crippen LogP contribution is -2.23. The number of aromatic amines is 1. The zero-order valence-electron chi connectivity index (χ0n) is 20.0. The summed E-state index contributed by atoms with van der Waals surface area (Å²) in [5, 5.41) is 6.55. The molecule has 0 bridgehead atoms. The van der Waals surface area contributed by atoms with Crippen molar-refractivity contribution in [3.8, 4) is 22.6 Å². The second kappa shape index (κ2) is 9.90. The second-order valence-corrected chi connectivity index (χ2v) is 8.23. The van der Waals surface area contributed by atoms with Gasteiger partial charge in [0.15, 0.2) is 5.82 Å². The molecule has 0 atom stereocenters. The fraction of sp³-hybridized carbons (Fsp3) is 0.0714. The van der Waals surface area contributed by atoms with Crippen molar-refractivity contribution < 1.29 is 13.9 Å². The van der Waals surface area contributed by atoms with Crippen LogP contribution in [-0.2, 0) is 0 Å². The highest BCUT2D eigenvalue weighted by Crippen LogP contribution is 2.31. The molecule has 9 heteroatoms. The smallest absolute Gasteiger partial charge is 0.261 e. The Hall–Kier alpha value is -5.05. The van der Waals surface area contributed by atoms with E-state index in [-0.39, 0.29) is 5.56 Å². The number of benzene rings is 2. The molecule has 3 aromatic heterocycles. The first-order valence-electron chi connectivity index (χ1n) is 11.4. The van der Waals surface area contributed by atoms with Gasteiger partial charge in [-0.15, -0.1) is 0 Å². The number of hydrogen-bond acceptors (Lipinski definition) is 6. The highest BCUT2D eigenvalue weighted by Gasteiger charge is 2.17. The third-order valence-corrected chi connectivity index (χ3v) is 5.85. The average molecular weight is 496 g/mol. The van der Waals surface area contributed by atoms with Crippen LogP contribution in [0.5, 0.6) is 11.5 Å². The van der Waals surface area contributed by atoms with E-state index in [0.29, 0.717) is 45.3 Å². The van der Waals surface area contributed by atoms with Crippen LogP contribution in [0.25, 0.3) is 22.0 Å². The summed E-state index contributed by atoms with van der Waals surface area (Å²) in [5.41, 5.74) is 2.10. The number of anilines is 2. The van der Waals surface area contributed by atoms with Gasteiger partial charge in [0.1, 0.15) is 28.4 Å². The summed E-state index contributed by atoms with van der Waals surface area (Å²) in [6, 6.07) is 15.9. The number of amides is 1. The van der Waals surface area contributed by atoms with Crippen LogP contribution in [0.1, 0.15) is 16.1 Å². The predicted molar refractivity (Wildman–Crippen MR) is 141 cm³/mol. The molecule has 0 fully saturated rings. The molecule has 1 amide bonds. The van der Waals surface area contributed by atoms with Crippen LogP contribution in [0, 0.1) is 12.7 Å². The Morgan fingerprint density at radius 2 is 1.70 bits per heavy atom. The molecule has 0 unspecified atom stereocenters. The third kappa shape index (κ3) is 4.74. The summed E-state index contributed by atoms with van der Waals surface area (Å²) in [5.74, 6) is 0.844. The molecule has 0 saturated carbocycles. The van der Waals surface area contributed by atoms with E-state index in [0.717, 1.165) is 5.39 Å². The number of halogens is 1. The largest absolute Gasteiger partial charge is 0.457 e. The fourth-order valence-corrected chi connectivity index (χ4v) is 4.01. The molecule has 0 saturated heterocycles. The molecule has 0 aliphatic heterocycles. The maximum atomic E-state index is 13.3. The van der Waals surface area contributed by atoms with Gasteiger partial charge in [-0.3, -0.25) is 14.6 Å². The maximum Gasteiger partial charge on any atom is 0.261 e. The summed E-state index contributed by atoms with van der Waals surface area (Å²) in [6.45, 7) is 1.72. The summed E-state index contributed by atoms with van der Waals surface area (Å²) < 4.78 is 19.4. The zero-order valence-corrected chi connectivity index (χ0v) is 20.0. The molecular formula is C28H22FN5O3. The normalized spacial score (nSPS) is 10.8. The van der Waals surface area contributed by atoms with Crippen molar-refractivity contribution in [1.82, 2.24) is 15.0 Å². The van der Waals surface area contributed by atoms with Gasteiger partial charge in [-0.05, 0) is 61.0 Å². The lowest BCUT2D eigenvalue weighted by molar-refractivity contribution is 0.102. The molecule has 3 heterocycles. The molecular weight excluding hydrogens is 473 g/mol. The van der Waals surface area contributed by atoms with E-state index in [1.54, 1.807) is 56.7 Å². The van der Waals surface area contributed by atoms with E-state index in [1.807, 2.05) is 6.07 Å². The first kappa shape index (κ1) is 23.7. The number of H-pyrrole nitrogens is 1. The summed E-state index contributed by atoms with van der Waals surface area (Å²) in [7, 11) is 1.78. The fourth-order valence-electron chi connectivity index (χ4n) is 4.01. The van der Waals surface area contributed by atoms with Crippen molar-refractivity contribution in [2.45, 2.75) is 6.92 Å². The van der Waals surface area contributed by atoms with Gasteiger partial charge in [-0.25, -0.2) is 9.37 Å². The Bertz CT molecular complexity index is 1670. The Balaban J connectivity index is 1.36. The monoisotopic (exact) mass is 495 g/mol. The molecule has 0 spiro atoms. The first-order chi connectivity index (χ1) is 17.9. The van der Waals surface area contributed by atoms with E-state index in [1.165, 1.54) is 30.5 Å². The van der Waals surface area contributed by atoms with Crippen molar-refractivity contribution in [3.05, 3.63) is 107 Å². The SMILES string of the molecule is CNc1nccc2c(Oc3ccc(NC(=O)c4c[nH]c(C)c(-c5ccc(F)cc5)c4=O)cc3)ccnc12. The van der Waals surface area contributed by atoms with Crippen LogP contribution in [-0.4, -0.2) is 27.9 Å². The van der Waals surface area contributed by atoms with Gasteiger partial charge in [-0.1, -0.05) is 12.1 Å². The van der Waals surface area contributed by atoms with E-state index in [2.05, 4.69) is 25.6 Å². The number of nitrogens with zero attached hydrogens (tertiary/aromatic N) is 2. The number of pyridine rings is 3. The molecule has 5 rings (SSSR count). The van der Waals surface area contributed by atoms with Crippen molar-refractivity contribution in [2.75, 3.05) is 17.7 Å². The number of aryl methyl sites for hydroxylation is 1. The van der Waals surface area contributed by atoms with Crippen molar-refractivity contribution in [2.24, 2.45) is 0 Å². The standard InChI is InChI=1S/C28H22FN5O3/c1-16-24(17-3-5-18(29)6-4-17)26(35)22(15-33-16)28(36)34-19-7-9-20(10-8-19)37-23-12-14-31-25-21(23)11-13-32-27(25)30-2/h3-15H,1-2H3,(H,30,32)(H,33,35)(H,34,36). The number of aromatic nitrogens is 3. The highest BCUT2D eigenvalue weighted by molar-refractivity contribution is 6.04. The molecule has 5 aromatic rings. The average Bonchev–Trinajstić information content (AvgIpc) is 2.90. The molecule has 3 N–H and O–H groups in total.